The average Bonchev–Trinajstić information content (AvgIpc) is 2.89. The van der Waals surface area contributed by atoms with Gasteiger partial charge < -0.3 is 0 Å². The van der Waals surface area contributed by atoms with Gasteiger partial charge in [-0.1, -0.05) is 28.2 Å². The van der Waals surface area contributed by atoms with E-state index >= 15 is 0 Å². The normalized spacial score (nSPS) is 10.5. The van der Waals surface area contributed by atoms with E-state index in [2.05, 4.69) is 31.7 Å². The first-order valence-corrected chi connectivity index (χ1v) is 5.45. The van der Waals surface area contributed by atoms with Gasteiger partial charge in [0.05, 0.1) is 6.20 Å². The number of nitrogens with one attached hydrogen (secondary N) is 1. The fraction of sp³-hybridized carbons (Fsp3) is 0.250. The molecule has 0 aliphatic carbocycles. The predicted octanol–water partition coefficient (Wildman–Crippen LogP) is 0.433. The van der Waals surface area contributed by atoms with E-state index in [1.165, 1.54) is 22.5 Å². The molecule has 0 aliphatic heterocycles. The summed E-state index contributed by atoms with van der Waals surface area (Å²) in [6.07, 6.45) is 3.16. The van der Waals surface area contributed by atoms with Crippen molar-refractivity contribution >= 4 is 11.8 Å². The Morgan fingerprint density at radius 2 is 2.56 bits per heavy atom. The van der Waals surface area contributed by atoms with Crippen molar-refractivity contribution in [2.45, 2.75) is 17.5 Å². The zero-order valence-electron chi connectivity index (χ0n) is 8.29. The molecule has 0 saturated heterocycles. The van der Waals surface area contributed by atoms with Gasteiger partial charge in [-0.25, -0.2) is 14.5 Å². The molecule has 2 aromatic heterocycles. The van der Waals surface area contributed by atoms with E-state index in [1.54, 1.807) is 6.08 Å². The third-order valence-corrected chi connectivity index (χ3v) is 2.80. The molecule has 0 unspecified atom stereocenters. The zero-order chi connectivity index (χ0) is 11.4. The molecule has 0 fully saturated rings. The molecule has 0 radical (unpaired) electrons. The van der Waals surface area contributed by atoms with Gasteiger partial charge in [0, 0.05) is 12.3 Å². The fourth-order valence-electron chi connectivity index (χ4n) is 1.09. The minimum atomic E-state index is -0.249. The Bertz CT molecular complexity index is 515. The summed E-state index contributed by atoms with van der Waals surface area (Å²) in [5, 5.41) is 14.0. The molecule has 84 valence electrons. The van der Waals surface area contributed by atoms with Gasteiger partial charge in [-0.2, -0.15) is 0 Å². The molecule has 2 aromatic rings. The number of aromatic amines is 1. The summed E-state index contributed by atoms with van der Waals surface area (Å²) >= 11 is 1.38. The first-order valence-electron chi connectivity index (χ1n) is 4.46. The largest absolute Gasteiger partial charge is 0.344 e. The van der Waals surface area contributed by atoms with E-state index < -0.39 is 0 Å². The first kappa shape index (κ1) is 10.7. The number of nitrogens with zero attached hydrogens (tertiary/aromatic N) is 4. The van der Waals surface area contributed by atoms with Crippen LogP contribution in [0, 0.1) is 0 Å². The highest BCUT2D eigenvalue weighted by Crippen LogP contribution is 2.17. The van der Waals surface area contributed by atoms with Crippen molar-refractivity contribution in [1.82, 2.24) is 25.1 Å². The molecule has 8 heteroatoms. The number of hydrogen-bond donors (Lipinski definition) is 1. The van der Waals surface area contributed by atoms with Crippen LogP contribution in [0.4, 0.5) is 0 Å². The van der Waals surface area contributed by atoms with E-state index in [-0.39, 0.29) is 5.69 Å². The van der Waals surface area contributed by atoms with E-state index in [9.17, 15) is 4.79 Å². The van der Waals surface area contributed by atoms with Crippen molar-refractivity contribution < 1.29 is 4.63 Å². The van der Waals surface area contributed by atoms with Crippen LogP contribution in [0.5, 0.6) is 0 Å². The Labute approximate surface area is 94.5 Å². The van der Waals surface area contributed by atoms with Crippen LogP contribution < -0.4 is 5.69 Å². The van der Waals surface area contributed by atoms with Crippen molar-refractivity contribution in [2.75, 3.05) is 0 Å². The second-order valence-corrected chi connectivity index (χ2v) is 3.84. The molecule has 0 saturated carbocycles. The maximum atomic E-state index is 11.3. The van der Waals surface area contributed by atoms with E-state index in [4.69, 9.17) is 0 Å². The number of allylic oxidation sites excluding steroid dienone is 1. The maximum absolute atomic E-state index is 11.3. The minimum absolute atomic E-state index is 0.249. The average molecular weight is 239 g/mol. The molecule has 2 heterocycles. The molecule has 1 N–H and O–H groups in total. The summed E-state index contributed by atoms with van der Waals surface area (Å²) < 4.78 is 5.95. The van der Waals surface area contributed by atoms with Crippen LogP contribution in [-0.2, 0) is 12.3 Å². The quantitative estimate of drug-likeness (QED) is 0.601. The zero-order valence-corrected chi connectivity index (χ0v) is 9.11. The monoisotopic (exact) mass is 239 g/mol. The first-order chi connectivity index (χ1) is 7.81. The van der Waals surface area contributed by atoms with Gasteiger partial charge in [-0.05, 0) is 0 Å². The lowest BCUT2D eigenvalue weighted by Gasteiger charge is -1.99. The highest BCUT2D eigenvalue weighted by molar-refractivity contribution is 7.98. The van der Waals surface area contributed by atoms with Crippen molar-refractivity contribution in [2.24, 2.45) is 0 Å². The van der Waals surface area contributed by atoms with Gasteiger partial charge in [-0.3, -0.25) is 4.57 Å². The van der Waals surface area contributed by atoms with Gasteiger partial charge in [0.15, 0.2) is 5.16 Å². The molecule has 0 bridgehead atoms. The smallest absolute Gasteiger partial charge is 0.266 e. The maximum Gasteiger partial charge on any atom is 0.344 e. The summed E-state index contributed by atoms with van der Waals surface area (Å²) in [5.41, 5.74) is 0.450. The molecule has 0 aromatic carbocycles. The van der Waals surface area contributed by atoms with Crippen molar-refractivity contribution in [1.29, 1.82) is 0 Å². The number of H-pyrrole nitrogens is 1. The van der Waals surface area contributed by atoms with Crippen LogP contribution in [-0.4, -0.2) is 25.1 Å². The topological polar surface area (TPSA) is 89.6 Å². The molecular weight excluding hydrogens is 230 g/mol. The number of rotatable bonds is 5. The third-order valence-electron chi connectivity index (χ3n) is 1.79. The van der Waals surface area contributed by atoms with Crippen LogP contribution in [0.15, 0.2) is 33.4 Å². The fourth-order valence-corrected chi connectivity index (χ4v) is 1.92. The lowest BCUT2D eigenvalue weighted by atomic mass is 10.6. The molecule has 2 rings (SSSR count). The van der Waals surface area contributed by atoms with Crippen molar-refractivity contribution in [3.63, 3.8) is 0 Å². The Morgan fingerprint density at radius 3 is 3.25 bits per heavy atom. The highest BCUT2D eigenvalue weighted by Gasteiger charge is 2.08. The number of thioether (sulfide) groups is 1. The Kier molecular flexibility index (Phi) is 3.20. The summed E-state index contributed by atoms with van der Waals surface area (Å²) in [4.78, 5) is 11.3. The van der Waals surface area contributed by atoms with E-state index in [0.717, 1.165) is 0 Å². The lowest BCUT2D eigenvalue weighted by Crippen LogP contribution is -2.16. The Hall–Kier alpha value is -1.83. The van der Waals surface area contributed by atoms with Crippen LogP contribution in [0.3, 0.4) is 0 Å². The van der Waals surface area contributed by atoms with Gasteiger partial charge in [0.2, 0.25) is 0 Å². The molecule has 7 nitrogen and oxygen atoms in total. The molecule has 0 atom stereocenters. The summed E-state index contributed by atoms with van der Waals surface area (Å²) in [6.45, 7) is 4.01. The lowest BCUT2D eigenvalue weighted by molar-refractivity contribution is 0.304. The van der Waals surface area contributed by atoms with Crippen molar-refractivity contribution in [3.8, 4) is 0 Å². The van der Waals surface area contributed by atoms with E-state index in [0.29, 0.717) is 23.1 Å². The summed E-state index contributed by atoms with van der Waals surface area (Å²) in [6, 6.07) is 0. The molecule has 0 spiro atoms. The third kappa shape index (κ3) is 2.22. The second-order valence-electron chi connectivity index (χ2n) is 2.90. The predicted molar refractivity (Wildman–Crippen MR) is 56.9 cm³/mol. The molecule has 0 amide bonds. The van der Waals surface area contributed by atoms with Crippen LogP contribution in [0.1, 0.15) is 5.69 Å². The van der Waals surface area contributed by atoms with Crippen LogP contribution in [0.25, 0.3) is 0 Å². The Balaban J connectivity index is 2.09. The minimum Gasteiger partial charge on any atom is -0.266 e. The SMILES string of the molecule is C=CCn1c(SCc2cnon2)n[nH]c1=O. The molecular formula is C8H9N5O2S. The number of hydrogen-bond acceptors (Lipinski definition) is 6. The second kappa shape index (κ2) is 4.79. The van der Waals surface area contributed by atoms with Gasteiger partial charge >= 0.3 is 5.69 Å². The summed E-state index contributed by atoms with van der Waals surface area (Å²) in [7, 11) is 0. The van der Waals surface area contributed by atoms with Gasteiger partial charge in [0.1, 0.15) is 5.69 Å². The van der Waals surface area contributed by atoms with Crippen molar-refractivity contribution in [3.05, 3.63) is 35.0 Å². The highest BCUT2D eigenvalue weighted by atomic mass is 32.2. The summed E-state index contributed by atoms with van der Waals surface area (Å²) in [5.74, 6) is 0.547. The van der Waals surface area contributed by atoms with Crippen LogP contribution in [0.2, 0.25) is 0 Å². The molecule has 0 aliphatic rings. The van der Waals surface area contributed by atoms with E-state index in [1.807, 2.05) is 0 Å². The van der Waals surface area contributed by atoms with Crippen LogP contribution >= 0.6 is 11.8 Å². The Morgan fingerprint density at radius 1 is 1.69 bits per heavy atom. The standard InChI is InChI=1S/C8H9N5O2S/c1-2-3-13-7(14)10-11-8(13)16-5-6-4-9-15-12-6/h2,4H,1,3,5H2,(H,10,14). The molecule has 16 heavy (non-hydrogen) atoms. The number of aromatic nitrogens is 5. The van der Waals surface area contributed by atoms with Gasteiger partial charge in [0.25, 0.3) is 0 Å². The van der Waals surface area contributed by atoms with Gasteiger partial charge in [-0.15, -0.1) is 11.7 Å².